The quantitative estimate of drug-likeness (QED) is 0.329. The summed E-state index contributed by atoms with van der Waals surface area (Å²) in [4.78, 5) is 41.7. The molecule has 1 N–H and O–H groups in total. The van der Waals surface area contributed by atoms with Crippen LogP contribution in [0.4, 0.5) is 14.5 Å². The van der Waals surface area contributed by atoms with Crippen molar-refractivity contribution in [3.63, 3.8) is 0 Å². The van der Waals surface area contributed by atoms with E-state index in [-0.39, 0.29) is 30.2 Å². The van der Waals surface area contributed by atoms with Gasteiger partial charge in [0.15, 0.2) is 11.6 Å². The third-order valence-corrected chi connectivity index (χ3v) is 8.93. The summed E-state index contributed by atoms with van der Waals surface area (Å²) in [6.45, 7) is 0.558. The Kier molecular flexibility index (Phi) is 9.30. The highest BCUT2D eigenvalue weighted by atomic mass is 35.5. The standard InChI is InChI=1S/C33H34ClF2N3O4/c1-38(32(41)22-3-9-25(34)10-4-22)27-13-7-21(8-14-27)20-5-11-26(12-6-20)37-31(40)33(42)39-16-15-23(19-39)24-17-28(35)30(36)29(18-24)43-2/h3-6,9-12,17-18,21,23,27H,7-8,13-16,19H2,1-2H3,(H,37,40). The number of nitrogens with zero attached hydrogens (tertiary/aromatic N) is 2. The van der Waals surface area contributed by atoms with E-state index in [0.717, 1.165) is 37.3 Å². The van der Waals surface area contributed by atoms with Gasteiger partial charge in [0.25, 0.3) is 5.91 Å². The van der Waals surface area contributed by atoms with Gasteiger partial charge < -0.3 is 19.9 Å². The van der Waals surface area contributed by atoms with E-state index >= 15 is 0 Å². The number of ether oxygens (including phenoxy) is 1. The van der Waals surface area contributed by atoms with Crippen LogP contribution in [-0.4, -0.2) is 60.8 Å². The zero-order chi connectivity index (χ0) is 30.7. The molecule has 0 bridgehead atoms. The Morgan fingerprint density at radius 3 is 2.23 bits per heavy atom. The van der Waals surface area contributed by atoms with Crippen molar-refractivity contribution < 1.29 is 27.9 Å². The Morgan fingerprint density at radius 2 is 1.58 bits per heavy atom. The van der Waals surface area contributed by atoms with Gasteiger partial charge >= 0.3 is 11.8 Å². The fourth-order valence-electron chi connectivity index (χ4n) is 6.11. The molecule has 1 saturated heterocycles. The van der Waals surface area contributed by atoms with E-state index < -0.39 is 23.4 Å². The maximum absolute atomic E-state index is 14.0. The predicted octanol–water partition coefficient (Wildman–Crippen LogP) is 6.38. The number of carbonyl (C=O) groups excluding carboxylic acids is 3. The number of rotatable bonds is 6. The maximum Gasteiger partial charge on any atom is 0.313 e. The van der Waals surface area contributed by atoms with Gasteiger partial charge in [0.2, 0.25) is 5.82 Å². The Labute approximate surface area is 254 Å². The van der Waals surface area contributed by atoms with Crippen LogP contribution in [0.2, 0.25) is 5.02 Å². The van der Waals surface area contributed by atoms with Crippen LogP contribution >= 0.6 is 11.6 Å². The Hall–Kier alpha value is -3.98. The van der Waals surface area contributed by atoms with Crippen LogP contribution in [0.1, 0.15) is 65.4 Å². The monoisotopic (exact) mass is 609 g/mol. The highest BCUT2D eigenvalue weighted by molar-refractivity contribution is 6.39. The molecular weight excluding hydrogens is 576 g/mol. The molecule has 226 valence electrons. The smallest absolute Gasteiger partial charge is 0.313 e. The number of anilines is 1. The second-order valence-electron chi connectivity index (χ2n) is 11.3. The maximum atomic E-state index is 14.0. The molecule has 3 amide bonds. The third-order valence-electron chi connectivity index (χ3n) is 8.67. The van der Waals surface area contributed by atoms with Gasteiger partial charge in [-0.1, -0.05) is 23.7 Å². The van der Waals surface area contributed by atoms with E-state index in [9.17, 15) is 23.2 Å². The first-order valence-electron chi connectivity index (χ1n) is 14.4. The molecule has 1 atom stereocenters. The predicted molar refractivity (Wildman–Crippen MR) is 160 cm³/mol. The summed E-state index contributed by atoms with van der Waals surface area (Å²) in [5, 5.41) is 3.28. The first-order valence-corrected chi connectivity index (χ1v) is 14.8. The van der Waals surface area contributed by atoms with Crippen molar-refractivity contribution in [3.05, 3.63) is 94.0 Å². The minimum Gasteiger partial charge on any atom is -0.494 e. The molecular formula is C33H34ClF2N3O4. The van der Waals surface area contributed by atoms with Crippen molar-refractivity contribution in [3.8, 4) is 5.75 Å². The van der Waals surface area contributed by atoms with Gasteiger partial charge in [0, 0.05) is 48.4 Å². The van der Waals surface area contributed by atoms with Gasteiger partial charge in [-0.3, -0.25) is 14.4 Å². The van der Waals surface area contributed by atoms with Gasteiger partial charge in [-0.2, -0.15) is 4.39 Å². The SMILES string of the molecule is COc1cc(C2CCN(C(=O)C(=O)Nc3ccc(C4CCC(N(C)C(=O)c5ccc(Cl)cc5)CC4)cc3)C2)cc(F)c1F. The molecule has 0 aromatic heterocycles. The zero-order valence-corrected chi connectivity index (χ0v) is 24.9. The third kappa shape index (κ3) is 6.82. The Balaban J connectivity index is 1.11. The normalized spacial score (nSPS) is 20.0. The van der Waals surface area contributed by atoms with Gasteiger partial charge in [-0.25, -0.2) is 4.39 Å². The Morgan fingerprint density at radius 1 is 0.907 bits per heavy atom. The number of nitrogens with one attached hydrogen (secondary N) is 1. The fourth-order valence-corrected chi connectivity index (χ4v) is 6.24. The lowest BCUT2D eigenvalue weighted by Crippen LogP contribution is -2.39. The van der Waals surface area contributed by atoms with Crippen molar-refractivity contribution in [2.75, 3.05) is 32.6 Å². The number of likely N-dealkylation sites (tertiary alicyclic amines) is 1. The first kappa shape index (κ1) is 30.5. The summed E-state index contributed by atoms with van der Waals surface area (Å²) in [7, 11) is 3.11. The van der Waals surface area contributed by atoms with E-state index in [1.165, 1.54) is 18.1 Å². The van der Waals surface area contributed by atoms with Crippen molar-refractivity contribution >= 4 is 35.0 Å². The lowest BCUT2D eigenvalue weighted by molar-refractivity contribution is -0.142. The van der Waals surface area contributed by atoms with Crippen LogP contribution in [0.5, 0.6) is 5.75 Å². The summed E-state index contributed by atoms with van der Waals surface area (Å²) in [6.07, 6.45) is 4.18. The molecule has 10 heteroatoms. The highest BCUT2D eigenvalue weighted by Gasteiger charge is 2.32. The molecule has 2 fully saturated rings. The summed E-state index contributed by atoms with van der Waals surface area (Å²) in [5.41, 5.74) is 2.82. The number of amides is 3. The van der Waals surface area contributed by atoms with Crippen LogP contribution in [0.3, 0.4) is 0 Å². The number of methoxy groups -OCH3 is 1. The molecule has 7 nitrogen and oxygen atoms in total. The molecule has 0 radical (unpaired) electrons. The average molecular weight is 610 g/mol. The lowest BCUT2D eigenvalue weighted by Gasteiger charge is -2.35. The van der Waals surface area contributed by atoms with Gasteiger partial charge in [-0.15, -0.1) is 0 Å². The number of halogens is 3. The molecule has 0 spiro atoms. The van der Waals surface area contributed by atoms with E-state index in [1.54, 1.807) is 36.4 Å². The van der Waals surface area contributed by atoms with Gasteiger partial charge in [0.1, 0.15) is 0 Å². The molecule has 43 heavy (non-hydrogen) atoms. The lowest BCUT2D eigenvalue weighted by atomic mass is 9.81. The van der Waals surface area contributed by atoms with Crippen LogP contribution < -0.4 is 10.1 Å². The Bertz CT molecular complexity index is 1490. The van der Waals surface area contributed by atoms with E-state index in [1.807, 2.05) is 24.1 Å². The molecule has 1 heterocycles. The summed E-state index contributed by atoms with van der Waals surface area (Å²) >= 11 is 5.95. The molecule has 5 rings (SSSR count). The van der Waals surface area contributed by atoms with Crippen molar-refractivity contribution in [1.29, 1.82) is 0 Å². The molecule has 1 aliphatic heterocycles. The average Bonchev–Trinajstić information content (AvgIpc) is 3.52. The van der Waals surface area contributed by atoms with E-state index in [2.05, 4.69) is 5.32 Å². The van der Waals surface area contributed by atoms with Crippen LogP contribution in [-0.2, 0) is 9.59 Å². The minimum atomic E-state index is -1.05. The number of carbonyl (C=O) groups is 3. The second-order valence-corrected chi connectivity index (χ2v) is 11.7. The van der Waals surface area contributed by atoms with Crippen molar-refractivity contribution in [2.45, 2.75) is 50.0 Å². The van der Waals surface area contributed by atoms with Crippen LogP contribution in [0.25, 0.3) is 0 Å². The minimum absolute atomic E-state index is 0.0104. The highest BCUT2D eigenvalue weighted by Crippen LogP contribution is 2.36. The zero-order valence-electron chi connectivity index (χ0n) is 24.1. The molecule has 1 aliphatic carbocycles. The molecule has 1 saturated carbocycles. The summed E-state index contributed by atoms with van der Waals surface area (Å²) < 4.78 is 32.7. The first-order chi connectivity index (χ1) is 20.6. The van der Waals surface area contributed by atoms with Crippen molar-refractivity contribution in [2.24, 2.45) is 0 Å². The van der Waals surface area contributed by atoms with Gasteiger partial charge in [0.05, 0.1) is 7.11 Å². The number of benzene rings is 3. The molecule has 1 unspecified atom stereocenters. The fraction of sp³-hybridized carbons (Fsp3) is 0.364. The largest absolute Gasteiger partial charge is 0.494 e. The number of hydrogen-bond acceptors (Lipinski definition) is 4. The van der Waals surface area contributed by atoms with Crippen molar-refractivity contribution in [1.82, 2.24) is 9.80 Å². The summed E-state index contributed by atoms with van der Waals surface area (Å²) in [5.74, 6) is -3.56. The number of hydrogen-bond donors (Lipinski definition) is 1. The molecule has 2 aliphatic rings. The van der Waals surface area contributed by atoms with Gasteiger partial charge in [-0.05, 0) is 97.7 Å². The topological polar surface area (TPSA) is 79.0 Å². The molecule has 3 aromatic rings. The second kappa shape index (κ2) is 13.1. The van der Waals surface area contributed by atoms with E-state index in [0.29, 0.717) is 40.7 Å². The molecule has 3 aromatic carbocycles. The summed E-state index contributed by atoms with van der Waals surface area (Å²) in [6, 6.07) is 17.2. The van der Waals surface area contributed by atoms with Crippen LogP contribution in [0.15, 0.2) is 60.7 Å². The van der Waals surface area contributed by atoms with Crippen LogP contribution in [0, 0.1) is 11.6 Å². The van der Waals surface area contributed by atoms with E-state index in [4.69, 9.17) is 16.3 Å².